The molecule has 2 bridgehead atoms. The SMILES string of the molecule is O=C1c2c(O)c(=O)ccn2N2CN1C1(/C=C\COc3c(F)cccc3[C@H]2c2ccccc2)CC1. The van der Waals surface area contributed by atoms with Crippen molar-refractivity contribution in [2.45, 2.75) is 24.4 Å². The molecule has 1 N–H and O–H groups in total. The lowest BCUT2D eigenvalue weighted by Crippen LogP contribution is -2.58. The smallest absolute Gasteiger partial charge is 0.278 e. The first kappa shape index (κ1) is 20.5. The van der Waals surface area contributed by atoms with Crippen molar-refractivity contribution in [1.82, 2.24) is 9.58 Å². The Kier molecular flexibility index (Phi) is 4.52. The van der Waals surface area contributed by atoms with E-state index < -0.39 is 34.5 Å². The molecule has 34 heavy (non-hydrogen) atoms. The van der Waals surface area contributed by atoms with Crippen LogP contribution >= 0.6 is 0 Å². The molecule has 1 saturated carbocycles. The molecule has 3 heterocycles. The van der Waals surface area contributed by atoms with Crippen LogP contribution in [0.4, 0.5) is 4.39 Å². The molecule has 3 aliphatic rings. The van der Waals surface area contributed by atoms with Gasteiger partial charge in [-0.15, -0.1) is 0 Å². The fourth-order valence-corrected chi connectivity index (χ4v) is 4.98. The number of halogens is 1. The maximum Gasteiger partial charge on any atom is 0.278 e. The topological polar surface area (TPSA) is 75.0 Å². The van der Waals surface area contributed by atoms with E-state index in [4.69, 9.17) is 4.74 Å². The predicted molar refractivity (Wildman–Crippen MR) is 123 cm³/mol. The Bertz CT molecular complexity index is 1380. The summed E-state index contributed by atoms with van der Waals surface area (Å²) in [4.78, 5) is 27.6. The van der Waals surface area contributed by atoms with Crippen molar-refractivity contribution >= 4 is 5.91 Å². The lowest BCUT2D eigenvalue weighted by atomic mass is 9.96. The van der Waals surface area contributed by atoms with Gasteiger partial charge in [-0.25, -0.2) is 4.39 Å². The van der Waals surface area contributed by atoms with Crippen LogP contribution in [0.5, 0.6) is 11.5 Å². The third kappa shape index (κ3) is 3.02. The summed E-state index contributed by atoms with van der Waals surface area (Å²) in [5, 5.41) is 12.6. The van der Waals surface area contributed by atoms with Crippen molar-refractivity contribution in [2.75, 3.05) is 18.3 Å². The molecule has 0 saturated heterocycles. The second kappa shape index (κ2) is 7.48. The minimum absolute atomic E-state index is 0.0996. The minimum atomic E-state index is -0.628. The first-order chi connectivity index (χ1) is 16.5. The largest absolute Gasteiger partial charge is 0.502 e. The van der Waals surface area contributed by atoms with Gasteiger partial charge in [0.2, 0.25) is 5.43 Å². The summed E-state index contributed by atoms with van der Waals surface area (Å²) in [6.07, 6.45) is 6.70. The highest BCUT2D eigenvalue weighted by Crippen LogP contribution is 2.47. The van der Waals surface area contributed by atoms with E-state index in [-0.39, 0.29) is 24.7 Å². The number of pyridine rings is 1. The fourth-order valence-electron chi connectivity index (χ4n) is 4.98. The lowest BCUT2D eigenvalue weighted by Gasteiger charge is -2.46. The molecule has 1 fully saturated rings. The summed E-state index contributed by atoms with van der Waals surface area (Å²) in [7, 11) is 0. The Balaban J connectivity index is 1.67. The Morgan fingerprint density at radius 2 is 1.82 bits per heavy atom. The summed E-state index contributed by atoms with van der Waals surface area (Å²) in [5.41, 5.74) is 0.145. The number of aromatic hydroxyl groups is 1. The van der Waals surface area contributed by atoms with E-state index in [1.165, 1.54) is 23.0 Å². The van der Waals surface area contributed by atoms with E-state index in [0.717, 1.165) is 18.4 Å². The third-order valence-corrected chi connectivity index (χ3v) is 6.82. The number of nitrogens with zero attached hydrogens (tertiary/aromatic N) is 3. The van der Waals surface area contributed by atoms with Gasteiger partial charge in [0.15, 0.2) is 23.0 Å². The van der Waals surface area contributed by atoms with Crippen molar-refractivity contribution in [3.63, 3.8) is 0 Å². The van der Waals surface area contributed by atoms with Crippen LogP contribution in [-0.4, -0.2) is 39.4 Å². The number of carbonyl (C=O) groups is 1. The molecule has 1 amide bonds. The minimum Gasteiger partial charge on any atom is -0.502 e. The van der Waals surface area contributed by atoms with Gasteiger partial charge in [0, 0.05) is 17.8 Å². The molecule has 6 rings (SSSR count). The van der Waals surface area contributed by atoms with Crippen LogP contribution in [0.15, 0.2) is 77.7 Å². The predicted octanol–water partition coefficient (Wildman–Crippen LogP) is 3.32. The van der Waals surface area contributed by atoms with Crippen molar-refractivity contribution in [3.8, 4) is 11.5 Å². The number of hydrogen-bond donors (Lipinski definition) is 1. The highest BCUT2D eigenvalue weighted by molar-refractivity contribution is 5.97. The molecule has 1 aliphatic carbocycles. The maximum absolute atomic E-state index is 15.1. The van der Waals surface area contributed by atoms with Crippen LogP contribution in [0.3, 0.4) is 0 Å². The van der Waals surface area contributed by atoms with E-state index >= 15 is 4.39 Å². The number of hydrogen-bond acceptors (Lipinski definition) is 5. The quantitative estimate of drug-likeness (QED) is 0.565. The van der Waals surface area contributed by atoms with E-state index in [0.29, 0.717) is 5.56 Å². The van der Waals surface area contributed by atoms with Gasteiger partial charge in [-0.05, 0) is 30.5 Å². The fraction of sp³-hybridized carbons (Fsp3) is 0.231. The van der Waals surface area contributed by atoms with Crippen molar-refractivity contribution in [2.24, 2.45) is 0 Å². The van der Waals surface area contributed by atoms with Gasteiger partial charge in [0.05, 0.1) is 5.54 Å². The van der Waals surface area contributed by atoms with Crippen molar-refractivity contribution < 1.29 is 19.0 Å². The molecule has 3 aromatic rings. The Morgan fingerprint density at radius 3 is 2.59 bits per heavy atom. The highest BCUT2D eigenvalue weighted by Gasteiger charge is 2.52. The van der Waals surface area contributed by atoms with Gasteiger partial charge in [0.25, 0.3) is 5.91 Å². The lowest BCUT2D eigenvalue weighted by molar-refractivity contribution is 0.0606. The summed E-state index contributed by atoms with van der Waals surface area (Å²) in [6.45, 7) is 0.323. The molecule has 1 aromatic heterocycles. The van der Waals surface area contributed by atoms with Crippen LogP contribution in [0, 0.1) is 5.82 Å². The Labute approximate surface area is 194 Å². The van der Waals surface area contributed by atoms with Gasteiger partial charge in [-0.3, -0.25) is 19.3 Å². The summed E-state index contributed by atoms with van der Waals surface area (Å²) < 4.78 is 22.5. The number of benzene rings is 2. The normalized spacial score (nSPS) is 21.2. The molecule has 172 valence electrons. The average Bonchev–Trinajstić information content (AvgIpc) is 3.63. The number of rotatable bonds is 1. The van der Waals surface area contributed by atoms with Crippen molar-refractivity contribution in [1.29, 1.82) is 0 Å². The van der Waals surface area contributed by atoms with E-state index in [1.807, 2.05) is 41.4 Å². The number of carbonyl (C=O) groups excluding carboxylic acids is 1. The zero-order valence-electron chi connectivity index (χ0n) is 18.2. The van der Waals surface area contributed by atoms with Gasteiger partial charge in [0.1, 0.15) is 19.3 Å². The molecule has 1 spiro atoms. The number of ether oxygens (including phenoxy) is 1. The van der Waals surface area contributed by atoms with Gasteiger partial charge >= 0.3 is 0 Å². The summed E-state index contributed by atoms with van der Waals surface area (Å²) in [5.74, 6) is -1.37. The average molecular weight is 459 g/mol. The zero-order valence-corrected chi connectivity index (χ0v) is 18.2. The molecular weight excluding hydrogens is 437 g/mol. The number of para-hydroxylation sites is 1. The molecule has 0 radical (unpaired) electrons. The third-order valence-electron chi connectivity index (χ3n) is 6.82. The van der Waals surface area contributed by atoms with E-state index in [9.17, 15) is 14.7 Å². The molecular formula is C26H22FN3O4. The first-order valence-corrected chi connectivity index (χ1v) is 11.2. The van der Waals surface area contributed by atoms with Crippen LogP contribution < -0.4 is 15.2 Å². The van der Waals surface area contributed by atoms with Gasteiger partial charge < -0.3 is 14.7 Å². The molecule has 8 heteroatoms. The monoisotopic (exact) mass is 459 g/mol. The molecule has 2 aromatic carbocycles. The van der Waals surface area contributed by atoms with E-state index in [1.54, 1.807) is 23.1 Å². The van der Waals surface area contributed by atoms with Crippen LogP contribution in [0.1, 0.15) is 40.5 Å². The molecule has 7 nitrogen and oxygen atoms in total. The van der Waals surface area contributed by atoms with Gasteiger partial charge in [-0.2, -0.15) is 0 Å². The van der Waals surface area contributed by atoms with Crippen LogP contribution in [0.2, 0.25) is 0 Å². The Hall–Kier alpha value is -4.07. The number of amides is 1. The van der Waals surface area contributed by atoms with E-state index in [2.05, 4.69) is 0 Å². The number of aromatic nitrogens is 1. The molecule has 0 unspecified atom stereocenters. The highest BCUT2D eigenvalue weighted by atomic mass is 19.1. The molecule has 1 atom stereocenters. The van der Waals surface area contributed by atoms with Crippen LogP contribution in [0.25, 0.3) is 0 Å². The van der Waals surface area contributed by atoms with Crippen molar-refractivity contribution in [3.05, 3.63) is 106 Å². The zero-order chi connectivity index (χ0) is 23.4. The second-order valence-electron chi connectivity index (χ2n) is 8.82. The number of fused-ring (bicyclic) bond motifs is 6. The molecule has 2 aliphatic heterocycles. The maximum atomic E-state index is 15.1. The van der Waals surface area contributed by atoms with Gasteiger partial charge in [-0.1, -0.05) is 48.5 Å². The summed E-state index contributed by atoms with van der Waals surface area (Å²) >= 11 is 0. The standard InChI is InChI=1S/C26H22FN3O4/c27-19-9-4-8-18-21(17-6-2-1-3-7-17)30-16-28(26(12-13-26)11-5-15-34-24(18)19)25(33)22-23(32)20(31)10-14-29(22)30/h1-11,14,21,32H,12-13,15-16H2/b11-5-/t21-/m1/s1. The first-order valence-electron chi connectivity index (χ1n) is 11.2. The summed E-state index contributed by atoms with van der Waals surface area (Å²) in [6, 6.07) is 15.0. The van der Waals surface area contributed by atoms with Crippen LogP contribution in [-0.2, 0) is 0 Å². The second-order valence-corrected chi connectivity index (χ2v) is 8.82. The Morgan fingerprint density at radius 1 is 1.03 bits per heavy atom.